The minimum Gasteiger partial charge on any atom is -0.353 e. The number of likely N-dealkylation sites (tertiary alicyclic amines) is 1. The molecule has 9 heteroatoms. The summed E-state index contributed by atoms with van der Waals surface area (Å²) in [5.41, 5.74) is 0.511. The summed E-state index contributed by atoms with van der Waals surface area (Å²) in [6.07, 6.45) is 0.923. The fourth-order valence-electron chi connectivity index (χ4n) is 4.65. The van der Waals surface area contributed by atoms with Crippen LogP contribution in [0.3, 0.4) is 0 Å². The van der Waals surface area contributed by atoms with Gasteiger partial charge in [-0.2, -0.15) is 0 Å². The molecule has 1 aromatic heterocycles. The van der Waals surface area contributed by atoms with Gasteiger partial charge in [-0.1, -0.05) is 24.3 Å². The van der Waals surface area contributed by atoms with Gasteiger partial charge in [0.05, 0.1) is 11.5 Å². The number of hydrogen-bond acceptors (Lipinski definition) is 6. The third kappa shape index (κ3) is 4.87. The number of benzene rings is 1. The summed E-state index contributed by atoms with van der Waals surface area (Å²) in [5.74, 6) is -0.420. The number of hydrogen-bond donors (Lipinski definition) is 1. The highest BCUT2D eigenvalue weighted by atomic mass is 32.1. The molecule has 0 aliphatic carbocycles. The Labute approximate surface area is 204 Å². The molecule has 3 heterocycles. The van der Waals surface area contributed by atoms with Crippen molar-refractivity contribution in [2.75, 3.05) is 46.9 Å². The van der Waals surface area contributed by atoms with Gasteiger partial charge in [-0.05, 0) is 44.1 Å². The third-order valence-electron chi connectivity index (χ3n) is 6.58. The topological polar surface area (TPSA) is 82.2 Å². The van der Waals surface area contributed by atoms with Gasteiger partial charge in [-0.25, -0.2) is 0 Å². The van der Waals surface area contributed by atoms with Gasteiger partial charge in [0.15, 0.2) is 0 Å². The lowest BCUT2D eigenvalue weighted by molar-refractivity contribution is -0.128. The van der Waals surface area contributed by atoms with Crippen molar-refractivity contribution in [3.05, 3.63) is 57.8 Å². The maximum absolute atomic E-state index is 13.8. The lowest BCUT2D eigenvalue weighted by Gasteiger charge is -2.44. The van der Waals surface area contributed by atoms with E-state index in [-0.39, 0.29) is 24.3 Å². The molecule has 2 saturated heterocycles. The summed E-state index contributed by atoms with van der Waals surface area (Å²) in [7, 11) is 3.89. The molecular formula is C25H32N4O4S. The van der Waals surface area contributed by atoms with Crippen LogP contribution >= 0.6 is 11.3 Å². The number of aryl methyl sites for hydroxylation is 1. The second-order valence-corrected chi connectivity index (χ2v) is 10.1. The first-order chi connectivity index (χ1) is 16.3. The van der Waals surface area contributed by atoms with E-state index in [1.165, 1.54) is 11.3 Å². The number of piperidine rings is 1. The van der Waals surface area contributed by atoms with E-state index >= 15 is 0 Å². The number of amides is 3. The number of likely N-dealkylation sites (N-methyl/N-ethyl adjacent to an activating group) is 1. The SMILES string of the molecule is Cc1ccccc1C(=O)N1[C@H](C(=O)NCCN(C)C)COC12CCN(C(=O)c1cccs1)CC2. The van der Waals surface area contributed by atoms with E-state index in [0.29, 0.717) is 49.5 Å². The maximum atomic E-state index is 13.8. The predicted octanol–water partition coefficient (Wildman–Crippen LogP) is 2.21. The minimum absolute atomic E-state index is 0.00222. The van der Waals surface area contributed by atoms with Crippen LogP contribution in [0, 0.1) is 6.92 Å². The highest BCUT2D eigenvalue weighted by Gasteiger charge is 2.54. The van der Waals surface area contributed by atoms with Gasteiger partial charge < -0.3 is 19.9 Å². The van der Waals surface area contributed by atoms with E-state index in [2.05, 4.69) is 5.32 Å². The van der Waals surface area contributed by atoms with Crippen LogP contribution in [0.25, 0.3) is 0 Å². The van der Waals surface area contributed by atoms with Crippen molar-refractivity contribution in [3.63, 3.8) is 0 Å². The third-order valence-corrected chi connectivity index (χ3v) is 7.44. The summed E-state index contributed by atoms with van der Waals surface area (Å²) in [4.78, 5) is 45.9. The van der Waals surface area contributed by atoms with E-state index in [9.17, 15) is 14.4 Å². The van der Waals surface area contributed by atoms with E-state index < -0.39 is 11.8 Å². The molecular weight excluding hydrogens is 452 g/mol. The Balaban J connectivity index is 1.56. The molecule has 34 heavy (non-hydrogen) atoms. The standard InChI is InChI=1S/C25H32N4O4S/c1-18-7-4-5-8-19(18)23(31)29-20(22(30)26-12-15-27(2)3)17-33-25(29)10-13-28(14-11-25)24(32)21-9-6-16-34-21/h4-9,16,20H,10-15,17H2,1-3H3,(H,26,30)/t20-/m0/s1. The molecule has 1 N–H and O–H groups in total. The first kappa shape index (κ1) is 24.4. The quantitative estimate of drug-likeness (QED) is 0.680. The summed E-state index contributed by atoms with van der Waals surface area (Å²) >= 11 is 1.42. The summed E-state index contributed by atoms with van der Waals surface area (Å²) < 4.78 is 6.25. The molecule has 1 aromatic carbocycles. The van der Waals surface area contributed by atoms with Crippen molar-refractivity contribution in [3.8, 4) is 0 Å². The Morgan fingerprint density at radius 3 is 2.50 bits per heavy atom. The Hall–Kier alpha value is -2.75. The van der Waals surface area contributed by atoms with Gasteiger partial charge in [-0.3, -0.25) is 19.3 Å². The number of nitrogens with zero attached hydrogens (tertiary/aromatic N) is 3. The molecule has 8 nitrogen and oxygen atoms in total. The van der Waals surface area contributed by atoms with Crippen molar-refractivity contribution >= 4 is 29.1 Å². The fraction of sp³-hybridized carbons (Fsp3) is 0.480. The molecule has 1 atom stereocenters. The summed E-state index contributed by atoms with van der Waals surface area (Å²) in [6.45, 7) is 4.16. The first-order valence-corrected chi connectivity index (χ1v) is 12.5. The Bertz CT molecular complexity index is 1030. The van der Waals surface area contributed by atoms with Crippen molar-refractivity contribution in [1.29, 1.82) is 0 Å². The molecule has 2 aliphatic heterocycles. The Morgan fingerprint density at radius 1 is 1.12 bits per heavy atom. The summed E-state index contributed by atoms with van der Waals surface area (Å²) in [5, 5.41) is 4.85. The minimum atomic E-state index is -0.908. The van der Waals surface area contributed by atoms with Gasteiger partial charge in [0.1, 0.15) is 11.8 Å². The van der Waals surface area contributed by atoms with Crippen LogP contribution in [-0.4, -0.2) is 91.1 Å². The molecule has 4 rings (SSSR count). The monoisotopic (exact) mass is 484 g/mol. The molecule has 3 amide bonds. The first-order valence-electron chi connectivity index (χ1n) is 11.6. The van der Waals surface area contributed by atoms with E-state index in [1.54, 1.807) is 15.9 Å². The van der Waals surface area contributed by atoms with Crippen LogP contribution in [-0.2, 0) is 9.53 Å². The molecule has 0 saturated carbocycles. The molecule has 2 aliphatic rings. The second kappa shape index (κ2) is 10.2. The average molecular weight is 485 g/mol. The molecule has 1 spiro atoms. The number of nitrogens with one attached hydrogen (secondary N) is 1. The lowest BCUT2D eigenvalue weighted by Crippen LogP contribution is -2.60. The van der Waals surface area contributed by atoms with Crippen LogP contribution in [0.2, 0.25) is 0 Å². The number of carbonyl (C=O) groups excluding carboxylic acids is 3. The highest BCUT2D eigenvalue weighted by Crippen LogP contribution is 2.39. The number of thiophene rings is 1. The highest BCUT2D eigenvalue weighted by molar-refractivity contribution is 7.12. The zero-order chi connectivity index (χ0) is 24.3. The molecule has 0 bridgehead atoms. The Morgan fingerprint density at radius 2 is 1.85 bits per heavy atom. The van der Waals surface area contributed by atoms with Crippen molar-refractivity contribution in [1.82, 2.24) is 20.0 Å². The van der Waals surface area contributed by atoms with Gasteiger partial charge in [-0.15, -0.1) is 11.3 Å². The van der Waals surface area contributed by atoms with Crippen LogP contribution < -0.4 is 5.32 Å². The Kier molecular flexibility index (Phi) is 7.35. The van der Waals surface area contributed by atoms with Gasteiger partial charge in [0, 0.05) is 44.6 Å². The van der Waals surface area contributed by atoms with E-state index in [4.69, 9.17) is 4.74 Å². The van der Waals surface area contributed by atoms with Crippen LogP contribution in [0.1, 0.15) is 38.4 Å². The van der Waals surface area contributed by atoms with Crippen LogP contribution in [0.4, 0.5) is 0 Å². The van der Waals surface area contributed by atoms with Gasteiger partial charge >= 0.3 is 0 Å². The van der Waals surface area contributed by atoms with Crippen LogP contribution in [0.15, 0.2) is 41.8 Å². The summed E-state index contributed by atoms with van der Waals surface area (Å²) in [6, 6.07) is 10.4. The lowest BCUT2D eigenvalue weighted by atomic mass is 9.95. The van der Waals surface area contributed by atoms with E-state index in [1.807, 2.05) is 61.6 Å². The van der Waals surface area contributed by atoms with Crippen molar-refractivity contribution < 1.29 is 19.1 Å². The normalized spacial score (nSPS) is 19.6. The van der Waals surface area contributed by atoms with Gasteiger partial charge in [0.25, 0.3) is 11.8 Å². The number of ether oxygens (including phenoxy) is 1. The zero-order valence-electron chi connectivity index (χ0n) is 20.0. The second-order valence-electron chi connectivity index (χ2n) is 9.13. The maximum Gasteiger partial charge on any atom is 0.263 e. The zero-order valence-corrected chi connectivity index (χ0v) is 20.8. The molecule has 0 radical (unpaired) electrons. The number of rotatable bonds is 6. The van der Waals surface area contributed by atoms with Crippen molar-refractivity contribution in [2.45, 2.75) is 31.5 Å². The largest absolute Gasteiger partial charge is 0.353 e. The molecule has 182 valence electrons. The van der Waals surface area contributed by atoms with Crippen molar-refractivity contribution in [2.24, 2.45) is 0 Å². The smallest absolute Gasteiger partial charge is 0.263 e. The van der Waals surface area contributed by atoms with Crippen LogP contribution in [0.5, 0.6) is 0 Å². The molecule has 2 fully saturated rings. The predicted molar refractivity (Wildman–Crippen MR) is 131 cm³/mol. The van der Waals surface area contributed by atoms with E-state index in [0.717, 1.165) is 5.56 Å². The molecule has 0 unspecified atom stereocenters. The van der Waals surface area contributed by atoms with Gasteiger partial charge in [0.2, 0.25) is 5.91 Å². The number of carbonyl (C=O) groups is 3. The average Bonchev–Trinajstić information content (AvgIpc) is 3.48. The molecule has 2 aromatic rings. The fourth-order valence-corrected chi connectivity index (χ4v) is 5.34.